The van der Waals surface area contributed by atoms with Crippen LogP contribution in [0.1, 0.15) is 34.3 Å². The zero-order valence-corrected chi connectivity index (χ0v) is 20.6. The molecule has 0 aliphatic carbocycles. The third-order valence-corrected chi connectivity index (χ3v) is 6.40. The standard InChI is InChI=1S/C28H27Cl2NO3/c1-33-28-18-20(9-13-26(32)23-12-11-22(29)19-24(23)30)10-14-27(28)34-17-5-16-31-15-4-7-21-6-2-3-8-25(21)31/h2-3,6,8-14,18-19H,4-5,7,15-17H2,1H3/b13-9+. The molecule has 0 amide bonds. The third-order valence-electron chi connectivity index (χ3n) is 5.85. The Morgan fingerprint density at radius 3 is 2.74 bits per heavy atom. The molecule has 0 radical (unpaired) electrons. The molecule has 0 unspecified atom stereocenters. The second-order valence-electron chi connectivity index (χ2n) is 8.15. The van der Waals surface area contributed by atoms with E-state index in [9.17, 15) is 4.79 Å². The summed E-state index contributed by atoms with van der Waals surface area (Å²) in [6.45, 7) is 2.63. The van der Waals surface area contributed by atoms with Crippen LogP contribution in [0.3, 0.4) is 0 Å². The van der Waals surface area contributed by atoms with Crippen LogP contribution in [0.2, 0.25) is 10.0 Å². The summed E-state index contributed by atoms with van der Waals surface area (Å²) in [7, 11) is 1.61. The SMILES string of the molecule is COc1cc(/C=C/C(=O)c2ccc(Cl)cc2Cl)ccc1OCCCN1CCCc2ccccc21. The number of carbonyl (C=O) groups excluding carboxylic acids is 1. The lowest BCUT2D eigenvalue weighted by atomic mass is 10.0. The lowest BCUT2D eigenvalue weighted by molar-refractivity contribution is 0.104. The number of anilines is 1. The van der Waals surface area contributed by atoms with Crippen molar-refractivity contribution in [1.82, 2.24) is 0 Å². The van der Waals surface area contributed by atoms with E-state index in [1.807, 2.05) is 18.2 Å². The molecule has 4 nitrogen and oxygen atoms in total. The van der Waals surface area contributed by atoms with E-state index in [0.717, 1.165) is 31.5 Å². The first-order chi connectivity index (χ1) is 16.5. The highest BCUT2D eigenvalue weighted by Crippen LogP contribution is 2.30. The number of methoxy groups -OCH3 is 1. The van der Waals surface area contributed by atoms with Crippen molar-refractivity contribution in [2.24, 2.45) is 0 Å². The molecule has 34 heavy (non-hydrogen) atoms. The van der Waals surface area contributed by atoms with Gasteiger partial charge in [-0.2, -0.15) is 0 Å². The summed E-state index contributed by atoms with van der Waals surface area (Å²) in [6, 6.07) is 19.1. The summed E-state index contributed by atoms with van der Waals surface area (Å²) in [6.07, 6.45) is 6.47. The van der Waals surface area contributed by atoms with Crippen LogP contribution in [0, 0.1) is 0 Å². The quantitative estimate of drug-likeness (QED) is 0.180. The van der Waals surface area contributed by atoms with Gasteiger partial charge in [-0.1, -0.05) is 53.5 Å². The number of ketones is 1. The predicted octanol–water partition coefficient (Wildman–Crippen LogP) is 7.12. The minimum absolute atomic E-state index is 0.194. The van der Waals surface area contributed by atoms with Gasteiger partial charge in [0, 0.05) is 29.4 Å². The van der Waals surface area contributed by atoms with Crippen molar-refractivity contribution in [2.75, 3.05) is 31.7 Å². The zero-order valence-electron chi connectivity index (χ0n) is 19.1. The van der Waals surface area contributed by atoms with Crippen LogP contribution in [-0.2, 0) is 6.42 Å². The number of fused-ring (bicyclic) bond motifs is 1. The normalized spacial score (nSPS) is 13.1. The van der Waals surface area contributed by atoms with Crippen molar-refractivity contribution in [2.45, 2.75) is 19.3 Å². The van der Waals surface area contributed by atoms with Crippen LogP contribution in [0.15, 0.2) is 66.7 Å². The first-order valence-electron chi connectivity index (χ1n) is 11.4. The van der Waals surface area contributed by atoms with Crippen molar-refractivity contribution in [1.29, 1.82) is 0 Å². The third kappa shape index (κ3) is 5.94. The smallest absolute Gasteiger partial charge is 0.187 e. The van der Waals surface area contributed by atoms with Crippen LogP contribution in [0.5, 0.6) is 11.5 Å². The molecule has 3 aromatic rings. The zero-order chi connectivity index (χ0) is 23.9. The summed E-state index contributed by atoms with van der Waals surface area (Å²) >= 11 is 12.0. The lowest BCUT2D eigenvalue weighted by Crippen LogP contribution is -2.31. The highest BCUT2D eigenvalue weighted by Gasteiger charge is 2.15. The highest BCUT2D eigenvalue weighted by molar-refractivity contribution is 6.37. The average Bonchev–Trinajstić information content (AvgIpc) is 2.85. The van der Waals surface area contributed by atoms with Crippen LogP contribution >= 0.6 is 23.2 Å². The van der Waals surface area contributed by atoms with Crippen molar-refractivity contribution in [3.8, 4) is 11.5 Å². The molecule has 0 fully saturated rings. The van der Waals surface area contributed by atoms with Crippen molar-refractivity contribution >= 4 is 40.7 Å². The van der Waals surface area contributed by atoms with E-state index in [4.69, 9.17) is 32.7 Å². The number of rotatable bonds is 9. The van der Waals surface area contributed by atoms with E-state index < -0.39 is 0 Å². The van der Waals surface area contributed by atoms with Crippen LogP contribution in [0.25, 0.3) is 6.08 Å². The number of hydrogen-bond donors (Lipinski definition) is 0. The Balaban J connectivity index is 1.33. The summed E-state index contributed by atoms with van der Waals surface area (Å²) < 4.78 is 11.5. The molecule has 1 heterocycles. The minimum Gasteiger partial charge on any atom is -0.493 e. The summed E-state index contributed by atoms with van der Waals surface area (Å²) in [5.74, 6) is 1.12. The van der Waals surface area contributed by atoms with Gasteiger partial charge in [-0.15, -0.1) is 0 Å². The molecule has 0 spiro atoms. The number of carbonyl (C=O) groups is 1. The Hall–Kier alpha value is -2.95. The number of para-hydroxylation sites is 1. The Labute approximate surface area is 210 Å². The van der Waals surface area contributed by atoms with Gasteiger partial charge >= 0.3 is 0 Å². The van der Waals surface area contributed by atoms with Crippen molar-refractivity contribution in [3.63, 3.8) is 0 Å². The molecule has 4 rings (SSSR count). The second-order valence-corrected chi connectivity index (χ2v) is 9.00. The maximum Gasteiger partial charge on any atom is 0.187 e. The van der Waals surface area contributed by atoms with E-state index in [1.54, 1.807) is 31.4 Å². The topological polar surface area (TPSA) is 38.8 Å². The van der Waals surface area contributed by atoms with Crippen molar-refractivity contribution < 1.29 is 14.3 Å². The summed E-state index contributed by atoms with van der Waals surface area (Å²) in [5.41, 5.74) is 4.01. The minimum atomic E-state index is -0.194. The Kier molecular flexibility index (Phi) is 8.15. The molecule has 1 aliphatic heterocycles. The second kappa shape index (κ2) is 11.5. The molecule has 1 aliphatic rings. The largest absolute Gasteiger partial charge is 0.493 e. The monoisotopic (exact) mass is 495 g/mol. The van der Waals surface area contributed by atoms with Gasteiger partial charge in [0.2, 0.25) is 0 Å². The molecule has 6 heteroatoms. The van der Waals surface area contributed by atoms with Gasteiger partial charge in [0.15, 0.2) is 17.3 Å². The fourth-order valence-corrected chi connectivity index (χ4v) is 4.64. The Morgan fingerprint density at radius 2 is 1.91 bits per heavy atom. The molecular formula is C28H27Cl2NO3. The van der Waals surface area contributed by atoms with E-state index in [2.05, 4.69) is 29.2 Å². The van der Waals surface area contributed by atoms with Crippen LogP contribution in [0.4, 0.5) is 5.69 Å². The Morgan fingerprint density at radius 1 is 1.06 bits per heavy atom. The number of aryl methyl sites for hydroxylation is 1. The van der Waals surface area contributed by atoms with E-state index >= 15 is 0 Å². The Bertz CT molecular complexity index is 1190. The first kappa shape index (κ1) is 24.2. The van der Waals surface area contributed by atoms with Gasteiger partial charge in [-0.3, -0.25) is 4.79 Å². The molecular weight excluding hydrogens is 469 g/mol. The molecule has 0 bridgehead atoms. The van der Waals surface area contributed by atoms with Gasteiger partial charge in [-0.05, 0) is 72.9 Å². The van der Waals surface area contributed by atoms with Crippen LogP contribution in [-0.4, -0.2) is 32.6 Å². The maximum atomic E-state index is 12.5. The molecule has 0 saturated carbocycles. The summed E-state index contributed by atoms with van der Waals surface area (Å²) in [5, 5.41) is 0.822. The van der Waals surface area contributed by atoms with Gasteiger partial charge in [-0.25, -0.2) is 0 Å². The molecule has 0 N–H and O–H groups in total. The van der Waals surface area contributed by atoms with Gasteiger partial charge < -0.3 is 14.4 Å². The first-order valence-corrected chi connectivity index (χ1v) is 12.1. The van der Waals surface area contributed by atoms with Crippen molar-refractivity contribution in [3.05, 3.63) is 93.5 Å². The molecule has 0 atom stereocenters. The lowest BCUT2D eigenvalue weighted by Gasteiger charge is -2.31. The van der Waals surface area contributed by atoms with E-state index in [0.29, 0.717) is 33.7 Å². The van der Waals surface area contributed by atoms with Gasteiger partial charge in [0.05, 0.1) is 18.7 Å². The van der Waals surface area contributed by atoms with E-state index in [1.165, 1.54) is 23.7 Å². The molecule has 3 aromatic carbocycles. The van der Waals surface area contributed by atoms with E-state index in [-0.39, 0.29) is 5.78 Å². The molecule has 0 aromatic heterocycles. The van der Waals surface area contributed by atoms with Gasteiger partial charge in [0.1, 0.15) is 0 Å². The number of halogens is 2. The molecule has 0 saturated heterocycles. The van der Waals surface area contributed by atoms with Gasteiger partial charge in [0.25, 0.3) is 0 Å². The molecule has 176 valence electrons. The number of ether oxygens (including phenoxy) is 2. The number of nitrogens with zero attached hydrogens (tertiary/aromatic N) is 1. The number of benzene rings is 3. The predicted molar refractivity (Wildman–Crippen MR) is 140 cm³/mol. The number of allylic oxidation sites excluding steroid dienone is 1. The fourth-order valence-electron chi connectivity index (χ4n) is 4.14. The maximum absolute atomic E-state index is 12.5. The highest BCUT2D eigenvalue weighted by atomic mass is 35.5. The number of hydrogen-bond acceptors (Lipinski definition) is 4. The average molecular weight is 496 g/mol. The summed E-state index contributed by atoms with van der Waals surface area (Å²) in [4.78, 5) is 14.9. The fraction of sp³-hybridized carbons (Fsp3) is 0.250. The van der Waals surface area contributed by atoms with Crippen LogP contribution < -0.4 is 14.4 Å².